The number of non-ortho nitro benzene ring substituents is 1. The zero-order chi connectivity index (χ0) is 14.8. The van der Waals surface area contributed by atoms with E-state index in [1.807, 2.05) is 0 Å². The first-order chi connectivity index (χ1) is 8.50. The van der Waals surface area contributed by atoms with Crippen LogP contribution in [0.1, 0.15) is 32.4 Å². The summed E-state index contributed by atoms with van der Waals surface area (Å²) >= 11 is 0. The monoisotopic (exact) mass is 276 g/mol. The Morgan fingerprint density at radius 3 is 1.95 bits per heavy atom. The van der Waals surface area contributed by atoms with Gasteiger partial charge >= 0.3 is 6.18 Å². The lowest BCUT2D eigenvalue weighted by Gasteiger charge is -2.30. The molecule has 0 aliphatic carbocycles. The maximum absolute atomic E-state index is 13.0. The van der Waals surface area contributed by atoms with E-state index >= 15 is 0 Å². The second-order valence-electron chi connectivity index (χ2n) is 5.22. The number of hydrogen-bond acceptors (Lipinski definition) is 3. The fourth-order valence-electron chi connectivity index (χ4n) is 1.58. The molecule has 0 saturated heterocycles. The molecule has 0 saturated carbocycles. The normalized spacial score (nSPS) is 14.2. The van der Waals surface area contributed by atoms with Crippen molar-refractivity contribution in [3.05, 3.63) is 39.9 Å². The van der Waals surface area contributed by atoms with E-state index in [1.54, 1.807) is 20.8 Å². The van der Waals surface area contributed by atoms with Crippen molar-refractivity contribution in [3.63, 3.8) is 0 Å². The Kier molecular flexibility index (Phi) is 4.19. The molecule has 1 aromatic carbocycles. The molecule has 0 spiro atoms. The second-order valence-corrected chi connectivity index (χ2v) is 5.22. The fraction of sp³-hybridized carbons (Fsp3) is 0.500. The molecule has 0 amide bonds. The molecule has 19 heavy (non-hydrogen) atoms. The van der Waals surface area contributed by atoms with Crippen LogP contribution in [0, 0.1) is 10.1 Å². The van der Waals surface area contributed by atoms with Crippen molar-refractivity contribution in [2.24, 2.45) is 0 Å². The van der Waals surface area contributed by atoms with Crippen molar-refractivity contribution in [1.82, 2.24) is 5.32 Å². The van der Waals surface area contributed by atoms with Gasteiger partial charge in [0.25, 0.3) is 5.69 Å². The van der Waals surface area contributed by atoms with Crippen molar-refractivity contribution in [2.45, 2.75) is 38.5 Å². The molecule has 0 fully saturated rings. The maximum atomic E-state index is 13.0. The Labute approximate surface area is 108 Å². The van der Waals surface area contributed by atoms with Crippen LogP contribution in [0.4, 0.5) is 18.9 Å². The zero-order valence-corrected chi connectivity index (χ0v) is 10.8. The molecule has 1 rings (SSSR count). The van der Waals surface area contributed by atoms with E-state index in [-0.39, 0.29) is 11.3 Å². The van der Waals surface area contributed by atoms with Gasteiger partial charge in [-0.3, -0.25) is 15.4 Å². The van der Waals surface area contributed by atoms with Crippen LogP contribution in [-0.2, 0) is 0 Å². The van der Waals surface area contributed by atoms with Gasteiger partial charge in [-0.05, 0) is 26.3 Å². The lowest BCUT2D eigenvalue weighted by molar-refractivity contribution is -0.384. The number of halogens is 3. The quantitative estimate of drug-likeness (QED) is 0.678. The minimum absolute atomic E-state index is 0.0481. The minimum atomic E-state index is -4.47. The second kappa shape index (κ2) is 5.16. The highest BCUT2D eigenvalue weighted by molar-refractivity contribution is 5.34. The van der Waals surface area contributed by atoms with Gasteiger partial charge in [0.05, 0.1) is 4.92 Å². The minimum Gasteiger partial charge on any atom is -0.298 e. The molecule has 106 valence electrons. The first kappa shape index (κ1) is 15.4. The van der Waals surface area contributed by atoms with Crippen LogP contribution in [0.5, 0.6) is 0 Å². The number of benzene rings is 1. The lowest BCUT2D eigenvalue weighted by Crippen LogP contribution is -2.45. The Morgan fingerprint density at radius 1 is 1.16 bits per heavy atom. The van der Waals surface area contributed by atoms with Crippen molar-refractivity contribution in [2.75, 3.05) is 0 Å². The molecule has 1 aromatic rings. The third-order valence-electron chi connectivity index (χ3n) is 2.34. The molecule has 0 heterocycles. The fourth-order valence-corrected chi connectivity index (χ4v) is 1.58. The predicted molar refractivity (Wildman–Crippen MR) is 64.8 cm³/mol. The van der Waals surface area contributed by atoms with E-state index < -0.39 is 22.7 Å². The Bertz CT molecular complexity index is 450. The van der Waals surface area contributed by atoms with Gasteiger partial charge in [0.15, 0.2) is 0 Å². The number of alkyl halides is 3. The standard InChI is InChI=1S/C12H15F3N2O2/c1-11(2,3)16-10(12(13,14)15)8-4-6-9(7-5-8)17(18)19/h4-7,10,16H,1-3H3. The highest BCUT2D eigenvalue weighted by atomic mass is 19.4. The summed E-state index contributed by atoms with van der Waals surface area (Å²) in [5.41, 5.74) is -1.02. The topological polar surface area (TPSA) is 55.2 Å². The summed E-state index contributed by atoms with van der Waals surface area (Å²) < 4.78 is 39.0. The van der Waals surface area contributed by atoms with Gasteiger partial charge in [0.2, 0.25) is 0 Å². The molecule has 0 radical (unpaired) electrons. The molecule has 0 aromatic heterocycles. The van der Waals surface area contributed by atoms with Gasteiger partial charge in [-0.15, -0.1) is 0 Å². The van der Waals surface area contributed by atoms with Gasteiger partial charge in [0.1, 0.15) is 6.04 Å². The van der Waals surface area contributed by atoms with E-state index in [2.05, 4.69) is 5.32 Å². The third kappa shape index (κ3) is 4.51. The number of nitrogens with zero attached hydrogens (tertiary/aromatic N) is 1. The van der Waals surface area contributed by atoms with E-state index in [9.17, 15) is 23.3 Å². The molecule has 7 heteroatoms. The van der Waals surface area contributed by atoms with Crippen molar-refractivity contribution < 1.29 is 18.1 Å². The molecule has 0 aliphatic rings. The molecule has 1 unspecified atom stereocenters. The van der Waals surface area contributed by atoms with Crippen LogP contribution >= 0.6 is 0 Å². The zero-order valence-electron chi connectivity index (χ0n) is 10.8. The molecular formula is C12H15F3N2O2. The molecule has 4 nitrogen and oxygen atoms in total. The van der Waals surface area contributed by atoms with E-state index in [4.69, 9.17) is 0 Å². The van der Waals surface area contributed by atoms with E-state index in [0.29, 0.717) is 0 Å². The molecule has 0 aliphatic heterocycles. The average molecular weight is 276 g/mol. The number of nitrogens with one attached hydrogen (secondary N) is 1. The molecule has 1 N–H and O–H groups in total. The molecule has 0 bridgehead atoms. The smallest absolute Gasteiger partial charge is 0.298 e. The van der Waals surface area contributed by atoms with Crippen LogP contribution in [0.25, 0.3) is 0 Å². The van der Waals surface area contributed by atoms with Gasteiger partial charge in [-0.2, -0.15) is 13.2 Å². The Morgan fingerprint density at radius 2 is 1.63 bits per heavy atom. The van der Waals surface area contributed by atoms with Gasteiger partial charge < -0.3 is 0 Å². The van der Waals surface area contributed by atoms with Crippen LogP contribution < -0.4 is 5.32 Å². The van der Waals surface area contributed by atoms with E-state index in [0.717, 1.165) is 24.3 Å². The van der Waals surface area contributed by atoms with Gasteiger partial charge in [-0.1, -0.05) is 12.1 Å². The summed E-state index contributed by atoms with van der Waals surface area (Å²) in [6.07, 6.45) is -4.47. The number of nitro groups is 1. The van der Waals surface area contributed by atoms with Crippen molar-refractivity contribution in [3.8, 4) is 0 Å². The summed E-state index contributed by atoms with van der Waals surface area (Å²) in [5.74, 6) is 0. The molecular weight excluding hydrogens is 261 g/mol. The largest absolute Gasteiger partial charge is 0.407 e. The summed E-state index contributed by atoms with van der Waals surface area (Å²) in [6.45, 7) is 4.87. The van der Waals surface area contributed by atoms with Crippen LogP contribution in [0.3, 0.4) is 0 Å². The Balaban J connectivity index is 3.08. The van der Waals surface area contributed by atoms with Gasteiger partial charge in [0, 0.05) is 17.7 Å². The van der Waals surface area contributed by atoms with Gasteiger partial charge in [-0.25, -0.2) is 0 Å². The highest BCUT2D eigenvalue weighted by Crippen LogP contribution is 2.34. The maximum Gasteiger partial charge on any atom is 0.407 e. The first-order valence-electron chi connectivity index (χ1n) is 5.59. The highest BCUT2D eigenvalue weighted by Gasteiger charge is 2.42. The summed E-state index contributed by atoms with van der Waals surface area (Å²) in [5, 5.41) is 12.9. The first-order valence-corrected chi connectivity index (χ1v) is 5.59. The van der Waals surface area contributed by atoms with E-state index in [1.165, 1.54) is 0 Å². The third-order valence-corrected chi connectivity index (χ3v) is 2.34. The number of rotatable bonds is 3. The van der Waals surface area contributed by atoms with Crippen LogP contribution in [-0.4, -0.2) is 16.6 Å². The average Bonchev–Trinajstić information content (AvgIpc) is 2.23. The number of nitro benzene ring substituents is 1. The SMILES string of the molecule is CC(C)(C)NC(c1ccc([N+](=O)[O-])cc1)C(F)(F)F. The molecule has 1 atom stereocenters. The Hall–Kier alpha value is -1.63. The number of hydrogen-bond donors (Lipinski definition) is 1. The van der Waals surface area contributed by atoms with Crippen molar-refractivity contribution in [1.29, 1.82) is 0 Å². The van der Waals surface area contributed by atoms with Crippen LogP contribution in [0.15, 0.2) is 24.3 Å². The lowest BCUT2D eigenvalue weighted by atomic mass is 10.0. The van der Waals surface area contributed by atoms with Crippen molar-refractivity contribution >= 4 is 5.69 Å². The summed E-state index contributed by atoms with van der Waals surface area (Å²) in [4.78, 5) is 9.83. The van der Waals surface area contributed by atoms with Crippen LogP contribution in [0.2, 0.25) is 0 Å². The summed E-state index contributed by atoms with van der Waals surface area (Å²) in [7, 11) is 0. The predicted octanol–water partition coefficient (Wildman–Crippen LogP) is 3.59. The summed E-state index contributed by atoms with van der Waals surface area (Å²) in [6, 6.07) is 2.52.